The fourth-order valence-electron chi connectivity index (χ4n) is 2.67. The molecule has 3 heteroatoms. The molecule has 0 spiro atoms. The highest BCUT2D eigenvalue weighted by Gasteiger charge is 2.15. The van der Waals surface area contributed by atoms with Crippen molar-refractivity contribution < 1.29 is 9.47 Å². The lowest BCUT2D eigenvalue weighted by Gasteiger charge is -2.20. The van der Waals surface area contributed by atoms with E-state index >= 15 is 0 Å². The summed E-state index contributed by atoms with van der Waals surface area (Å²) in [5.74, 6) is 1.69. The largest absolute Gasteiger partial charge is 0.486 e. The highest BCUT2D eigenvalue weighted by Crippen LogP contribution is 2.35. The number of ether oxygens (including phenoxy) is 2. The van der Waals surface area contributed by atoms with Gasteiger partial charge in [-0.25, -0.2) is 0 Å². The fraction of sp³-hybridized carbons (Fsp3) is 0.375. The third-order valence-corrected chi connectivity index (χ3v) is 3.48. The minimum atomic E-state index is 0.443. The molecule has 0 bridgehead atoms. The summed E-state index contributed by atoms with van der Waals surface area (Å²) < 4.78 is 13.6. The second-order valence-corrected chi connectivity index (χ2v) is 5.18. The van der Waals surface area contributed by atoms with E-state index in [1.807, 2.05) is 6.07 Å². The van der Waals surface area contributed by atoms with E-state index in [0.29, 0.717) is 19.3 Å². The Labute approximate surface area is 113 Å². The number of hydrogen-bond donors (Lipinski definition) is 0. The summed E-state index contributed by atoms with van der Waals surface area (Å²) in [5, 5.41) is 0. The molecule has 1 aromatic heterocycles. The highest BCUT2D eigenvalue weighted by atomic mass is 16.6. The number of fused-ring (bicyclic) bond motifs is 1. The molecule has 19 heavy (non-hydrogen) atoms. The number of nitrogens with zero attached hydrogens (tertiary/aromatic N) is 1. The van der Waals surface area contributed by atoms with E-state index in [2.05, 4.69) is 49.6 Å². The molecule has 1 aliphatic rings. The summed E-state index contributed by atoms with van der Waals surface area (Å²) in [4.78, 5) is 0. The highest BCUT2D eigenvalue weighted by molar-refractivity contribution is 5.65. The normalized spacial score (nSPS) is 13.9. The summed E-state index contributed by atoms with van der Waals surface area (Å²) in [7, 11) is 0. The quantitative estimate of drug-likeness (QED) is 0.816. The first-order valence-electron chi connectivity index (χ1n) is 6.74. The average Bonchev–Trinajstić information content (AvgIpc) is 2.80. The van der Waals surface area contributed by atoms with Crippen molar-refractivity contribution in [2.45, 2.75) is 26.8 Å². The van der Waals surface area contributed by atoms with Gasteiger partial charge in [-0.05, 0) is 51.1 Å². The second kappa shape index (κ2) is 4.65. The Hall–Kier alpha value is -1.90. The molecular weight excluding hydrogens is 238 g/mol. The second-order valence-electron chi connectivity index (χ2n) is 5.18. The van der Waals surface area contributed by atoms with Gasteiger partial charge >= 0.3 is 0 Å². The first kappa shape index (κ1) is 12.2. The molecule has 3 nitrogen and oxygen atoms in total. The van der Waals surface area contributed by atoms with E-state index in [9.17, 15) is 0 Å². The van der Waals surface area contributed by atoms with Crippen molar-refractivity contribution in [1.29, 1.82) is 0 Å². The van der Waals surface area contributed by atoms with Crippen LogP contribution in [0.1, 0.15) is 25.6 Å². The Morgan fingerprint density at radius 1 is 1.00 bits per heavy atom. The molecule has 0 N–H and O–H groups in total. The van der Waals surface area contributed by atoms with Crippen LogP contribution in [0, 0.1) is 6.92 Å². The summed E-state index contributed by atoms with van der Waals surface area (Å²) in [6, 6.07) is 10.9. The van der Waals surface area contributed by atoms with Crippen molar-refractivity contribution in [3.63, 3.8) is 0 Å². The van der Waals surface area contributed by atoms with Gasteiger partial charge in [0.2, 0.25) is 0 Å². The monoisotopic (exact) mass is 257 g/mol. The number of aryl methyl sites for hydroxylation is 1. The smallest absolute Gasteiger partial charge is 0.162 e. The van der Waals surface area contributed by atoms with Gasteiger partial charge in [0.05, 0.1) is 0 Å². The Kier molecular flexibility index (Phi) is 2.97. The first-order chi connectivity index (χ1) is 9.16. The molecule has 0 aliphatic carbocycles. The molecule has 1 aromatic carbocycles. The van der Waals surface area contributed by atoms with Gasteiger partial charge in [-0.1, -0.05) is 0 Å². The minimum Gasteiger partial charge on any atom is -0.486 e. The molecule has 100 valence electrons. The molecular formula is C16H19NO2. The summed E-state index contributed by atoms with van der Waals surface area (Å²) in [6.45, 7) is 7.80. The first-order valence-corrected chi connectivity index (χ1v) is 6.74. The zero-order valence-electron chi connectivity index (χ0n) is 11.6. The maximum atomic E-state index is 5.66. The maximum Gasteiger partial charge on any atom is 0.162 e. The van der Waals surface area contributed by atoms with Crippen molar-refractivity contribution in [2.24, 2.45) is 0 Å². The van der Waals surface area contributed by atoms with Gasteiger partial charge in [-0.3, -0.25) is 0 Å². The Balaban J connectivity index is 2.07. The standard InChI is InChI=1S/C16H19NO2/c1-11(2)17-12(3)4-6-14(17)13-5-7-15-16(10-13)19-9-8-18-15/h4-7,10-11H,8-9H2,1-3H3. The third-order valence-electron chi connectivity index (χ3n) is 3.48. The van der Waals surface area contributed by atoms with Gasteiger partial charge in [-0.2, -0.15) is 0 Å². The Morgan fingerprint density at radius 2 is 1.74 bits per heavy atom. The van der Waals surface area contributed by atoms with Crippen LogP contribution in [0.5, 0.6) is 11.5 Å². The van der Waals surface area contributed by atoms with E-state index in [-0.39, 0.29) is 0 Å². The van der Waals surface area contributed by atoms with Crippen LogP contribution < -0.4 is 9.47 Å². The molecule has 0 amide bonds. The minimum absolute atomic E-state index is 0.443. The number of aromatic nitrogens is 1. The molecule has 0 unspecified atom stereocenters. The number of rotatable bonds is 2. The lowest BCUT2D eigenvalue weighted by atomic mass is 10.1. The van der Waals surface area contributed by atoms with Gasteiger partial charge in [-0.15, -0.1) is 0 Å². The predicted molar refractivity (Wildman–Crippen MR) is 76.0 cm³/mol. The SMILES string of the molecule is Cc1ccc(-c2ccc3c(c2)OCCO3)n1C(C)C. The molecule has 3 rings (SSSR count). The summed E-state index contributed by atoms with van der Waals surface area (Å²) in [5.41, 5.74) is 3.68. The number of benzene rings is 1. The van der Waals surface area contributed by atoms with Crippen molar-refractivity contribution in [1.82, 2.24) is 4.57 Å². The van der Waals surface area contributed by atoms with E-state index in [1.165, 1.54) is 17.0 Å². The van der Waals surface area contributed by atoms with Gasteiger partial charge in [0, 0.05) is 23.0 Å². The van der Waals surface area contributed by atoms with Crippen molar-refractivity contribution in [3.05, 3.63) is 36.0 Å². The maximum absolute atomic E-state index is 5.66. The molecule has 0 fully saturated rings. The molecule has 0 atom stereocenters. The molecule has 0 saturated heterocycles. The Bertz CT molecular complexity index is 599. The van der Waals surface area contributed by atoms with Crippen LogP contribution in [0.4, 0.5) is 0 Å². The molecule has 2 aromatic rings. The predicted octanol–water partition coefficient (Wildman–Crippen LogP) is 3.82. The molecule has 0 saturated carbocycles. The Morgan fingerprint density at radius 3 is 2.47 bits per heavy atom. The van der Waals surface area contributed by atoms with Crippen LogP contribution in [-0.4, -0.2) is 17.8 Å². The van der Waals surface area contributed by atoms with Crippen LogP contribution in [0.3, 0.4) is 0 Å². The molecule has 0 radical (unpaired) electrons. The van der Waals surface area contributed by atoms with Crippen LogP contribution in [-0.2, 0) is 0 Å². The molecule has 2 heterocycles. The van der Waals surface area contributed by atoms with Gasteiger partial charge in [0.15, 0.2) is 11.5 Å². The van der Waals surface area contributed by atoms with Crippen LogP contribution in [0.25, 0.3) is 11.3 Å². The van der Waals surface area contributed by atoms with E-state index in [0.717, 1.165) is 11.5 Å². The van der Waals surface area contributed by atoms with E-state index < -0.39 is 0 Å². The van der Waals surface area contributed by atoms with Gasteiger partial charge in [0.25, 0.3) is 0 Å². The van der Waals surface area contributed by atoms with Crippen LogP contribution >= 0.6 is 0 Å². The van der Waals surface area contributed by atoms with Gasteiger partial charge in [0.1, 0.15) is 13.2 Å². The zero-order valence-corrected chi connectivity index (χ0v) is 11.6. The lowest BCUT2D eigenvalue weighted by Crippen LogP contribution is -2.15. The summed E-state index contributed by atoms with van der Waals surface area (Å²) >= 11 is 0. The van der Waals surface area contributed by atoms with Crippen LogP contribution in [0.2, 0.25) is 0 Å². The van der Waals surface area contributed by atoms with Crippen LogP contribution in [0.15, 0.2) is 30.3 Å². The van der Waals surface area contributed by atoms with Crippen molar-refractivity contribution in [2.75, 3.05) is 13.2 Å². The number of hydrogen-bond acceptors (Lipinski definition) is 2. The third kappa shape index (κ3) is 2.09. The van der Waals surface area contributed by atoms with E-state index in [4.69, 9.17) is 9.47 Å². The van der Waals surface area contributed by atoms with Gasteiger partial charge < -0.3 is 14.0 Å². The lowest BCUT2D eigenvalue weighted by molar-refractivity contribution is 0.171. The fourth-order valence-corrected chi connectivity index (χ4v) is 2.67. The molecule has 1 aliphatic heterocycles. The summed E-state index contributed by atoms with van der Waals surface area (Å²) in [6.07, 6.45) is 0. The topological polar surface area (TPSA) is 23.4 Å². The van der Waals surface area contributed by atoms with Crippen molar-refractivity contribution >= 4 is 0 Å². The average molecular weight is 257 g/mol. The zero-order chi connectivity index (χ0) is 13.4. The van der Waals surface area contributed by atoms with Crippen molar-refractivity contribution in [3.8, 4) is 22.8 Å². The van der Waals surface area contributed by atoms with E-state index in [1.54, 1.807) is 0 Å².